The van der Waals surface area contributed by atoms with Gasteiger partial charge < -0.3 is 15.2 Å². The Kier molecular flexibility index (Phi) is 4.15. The molecule has 1 aliphatic carbocycles. The summed E-state index contributed by atoms with van der Waals surface area (Å²) in [4.78, 5) is 0. The SMILES string of the molecule is CC(C)(C)Oc1ccc(N[C@@H]2C=C[C@H](O)CC2)cc1. The van der Waals surface area contributed by atoms with Crippen LogP contribution in [-0.2, 0) is 0 Å². The molecule has 0 fully saturated rings. The molecule has 0 spiro atoms. The highest BCUT2D eigenvalue weighted by atomic mass is 16.5. The van der Waals surface area contributed by atoms with Gasteiger partial charge in [0, 0.05) is 11.7 Å². The summed E-state index contributed by atoms with van der Waals surface area (Å²) >= 11 is 0. The van der Waals surface area contributed by atoms with Crippen LogP contribution in [0.2, 0.25) is 0 Å². The van der Waals surface area contributed by atoms with Gasteiger partial charge in [-0.3, -0.25) is 0 Å². The molecule has 2 rings (SSSR count). The second-order valence-electron chi connectivity index (χ2n) is 6.02. The maximum atomic E-state index is 9.41. The van der Waals surface area contributed by atoms with Crippen molar-refractivity contribution in [2.75, 3.05) is 5.32 Å². The van der Waals surface area contributed by atoms with Crippen molar-refractivity contribution in [1.82, 2.24) is 0 Å². The Hall–Kier alpha value is -1.48. The van der Waals surface area contributed by atoms with Gasteiger partial charge in [-0.15, -0.1) is 0 Å². The first-order valence-electron chi connectivity index (χ1n) is 6.84. The van der Waals surface area contributed by atoms with Crippen LogP contribution in [0.15, 0.2) is 36.4 Å². The summed E-state index contributed by atoms with van der Waals surface area (Å²) < 4.78 is 5.79. The van der Waals surface area contributed by atoms with Gasteiger partial charge in [0.1, 0.15) is 11.4 Å². The van der Waals surface area contributed by atoms with Gasteiger partial charge in [-0.1, -0.05) is 12.2 Å². The predicted octanol–water partition coefficient (Wildman–Crippen LogP) is 3.36. The number of rotatable bonds is 3. The van der Waals surface area contributed by atoms with Crippen LogP contribution in [0.5, 0.6) is 5.75 Å². The largest absolute Gasteiger partial charge is 0.488 e. The van der Waals surface area contributed by atoms with E-state index in [1.165, 1.54) is 0 Å². The van der Waals surface area contributed by atoms with Crippen molar-refractivity contribution in [3.05, 3.63) is 36.4 Å². The molecule has 0 saturated heterocycles. The highest BCUT2D eigenvalue weighted by molar-refractivity contribution is 5.48. The van der Waals surface area contributed by atoms with E-state index in [-0.39, 0.29) is 11.7 Å². The maximum absolute atomic E-state index is 9.41. The zero-order chi connectivity index (χ0) is 13.9. The van der Waals surface area contributed by atoms with Crippen molar-refractivity contribution in [3.8, 4) is 5.75 Å². The Morgan fingerprint density at radius 1 is 1.11 bits per heavy atom. The normalized spacial score (nSPS) is 23.2. The van der Waals surface area contributed by atoms with Crippen molar-refractivity contribution in [1.29, 1.82) is 0 Å². The molecule has 0 aromatic heterocycles. The quantitative estimate of drug-likeness (QED) is 0.820. The van der Waals surface area contributed by atoms with Crippen molar-refractivity contribution in [2.24, 2.45) is 0 Å². The van der Waals surface area contributed by atoms with Gasteiger partial charge in [-0.05, 0) is 57.9 Å². The third kappa shape index (κ3) is 4.60. The maximum Gasteiger partial charge on any atom is 0.120 e. The number of aliphatic hydroxyl groups excluding tert-OH is 1. The van der Waals surface area contributed by atoms with Gasteiger partial charge in [-0.2, -0.15) is 0 Å². The van der Waals surface area contributed by atoms with Gasteiger partial charge in [0.05, 0.1) is 6.10 Å². The van der Waals surface area contributed by atoms with E-state index in [0.29, 0.717) is 6.04 Å². The molecule has 0 heterocycles. The second-order valence-corrected chi connectivity index (χ2v) is 6.02. The third-order valence-electron chi connectivity index (χ3n) is 2.97. The second kappa shape index (κ2) is 5.66. The van der Waals surface area contributed by atoms with Gasteiger partial charge in [-0.25, -0.2) is 0 Å². The number of ether oxygens (including phenoxy) is 1. The summed E-state index contributed by atoms with van der Waals surface area (Å²) in [6, 6.07) is 8.32. The van der Waals surface area contributed by atoms with Gasteiger partial charge in [0.15, 0.2) is 0 Å². The van der Waals surface area contributed by atoms with Crippen molar-refractivity contribution in [3.63, 3.8) is 0 Å². The van der Waals surface area contributed by atoms with E-state index in [1.54, 1.807) is 0 Å². The molecule has 0 amide bonds. The molecule has 1 aromatic rings. The Balaban J connectivity index is 1.94. The summed E-state index contributed by atoms with van der Waals surface area (Å²) in [7, 11) is 0. The van der Waals surface area contributed by atoms with E-state index in [2.05, 4.69) is 5.32 Å². The molecule has 0 saturated carbocycles. The van der Waals surface area contributed by atoms with Crippen LogP contribution in [0.1, 0.15) is 33.6 Å². The number of aliphatic hydroxyl groups is 1. The van der Waals surface area contributed by atoms with Crippen molar-refractivity contribution in [2.45, 2.75) is 51.4 Å². The first kappa shape index (κ1) is 13.9. The fraction of sp³-hybridized carbons (Fsp3) is 0.500. The fourth-order valence-corrected chi connectivity index (χ4v) is 2.11. The Labute approximate surface area is 115 Å². The number of benzene rings is 1. The molecule has 1 aliphatic rings. The van der Waals surface area contributed by atoms with Crippen LogP contribution in [0.3, 0.4) is 0 Å². The van der Waals surface area contributed by atoms with Gasteiger partial charge in [0.25, 0.3) is 0 Å². The predicted molar refractivity (Wildman–Crippen MR) is 78.6 cm³/mol. The molecule has 3 heteroatoms. The molecule has 0 radical (unpaired) electrons. The minimum atomic E-state index is -0.277. The Morgan fingerprint density at radius 2 is 1.79 bits per heavy atom. The lowest BCUT2D eigenvalue weighted by atomic mass is 10.0. The van der Waals surface area contributed by atoms with E-state index in [9.17, 15) is 5.11 Å². The highest BCUT2D eigenvalue weighted by Gasteiger charge is 2.14. The molecule has 0 unspecified atom stereocenters. The first-order valence-corrected chi connectivity index (χ1v) is 6.84. The zero-order valence-electron chi connectivity index (χ0n) is 11.9. The van der Waals surface area contributed by atoms with E-state index in [0.717, 1.165) is 24.3 Å². The van der Waals surface area contributed by atoms with Crippen LogP contribution in [0.25, 0.3) is 0 Å². The average molecular weight is 261 g/mol. The van der Waals surface area contributed by atoms with Gasteiger partial charge >= 0.3 is 0 Å². The minimum Gasteiger partial charge on any atom is -0.488 e. The van der Waals surface area contributed by atoms with Crippen molar-refractivity contribution < 1.29 is 9.84 Å². The molecule has 1 aromatic carbocycles. The lowest BCUT2D eigenvalue weighted by Gasteiger charge is -2.23. The van der Waals surface area contributed by atoms with Crippen LogP contribution < -0.4 is 10.1 Å². The fourth-order valence-electron chi connectivity index (χ4n) is 2.11. The molecule has 0 bridgehead atoms. The highest BCUT2D eigenvalue weighted by Crippen LogP contribution is 2.22. The van der Waals surface area contributed by atoms with Crippen molar-refractivity contribution >= 4 is 5.69 Å². The standard InChI is InChI=1S/C16H23NO2/c1-16(2,3)19-15-10-6-13(7-11-15)17-12-4-8-14(18)9-5-12/h4,6-8,10-12,14,17-18H,5,9H2,1-3H3/t12-,14+/m1/s1. The zero-order valence-corrected chi connectivity index (χ0v) is 11.9. The molecule has 2 N–H and O–H groups in total. The summed E-state index contributed by atoms with van der Waals surface area (Å²) in [6.07, 6.45) is 5.39. The number of hydrogen-bond acceptors (Lipinski definition) is 3. The Morgan fingerprint density at radius 3 is 2.32 bits per heavy atom. The molecule has 104 valence electrons. The van der Waals surface area contributed by atoms with E-state index in [1.807, 2.05) is 57.2 Å². The lowest BCUT2D eigenvalue weighted by Crippen LogP contribution is -2.24. The smallest absolute Gasteiger partial charge is 0.120 e. The average Bonchev–Trinajstić information content (AvgIpc) is 2.33. The summed E-state index contributed by atoms with van der Waals surface area (Å²) in [5.74, 6) is 0.882. The monoisotopic (exact) mass is 261 g/mol. The minimum absolute atomic E-state index is 0.169. The molecule has 2 atom stereocenters. The third-order valence-corrected chi connectivity index (χ3v) is 2.97. The molecular formula is C16H23NO2. The molecular weight excluding hydrogens is 238 g/mol. The molecule has 0 aliphatic heterocycles. The van der Waals surface area contributed by atoms with Crippen LogP contribution in [0.4, 0.5) is 5.69 Å². The van der Waals surface area contributed by atoms with Crippen LogP contribution in [0, 0.1) is 0 Å². The number of anilines is 1. The molecule has 19 heavy (non-hydrogen) atoms. The lowest BCUT2D eigenvalue weighted by molar-refractivity contribution is 0.131. The summed E-state index contributed by atoms with van der Waals surface area (Å²) in [5, 5.41) is 12.8. The summed E-state index contributed by atoms with van der Waals surface area (Å²) in [5.41, 5.74) is 0.907. The topological polar surface area (TPSA) is 41.5 Å². The van der Waals surface area contributed by atoms with Gasteiger partial charge in [0.2, 0.25) is 0 Å². The van der Waals surface area contributed by atoms with E-state index < -0.39 is 0 Å². The first-order chi connectivity index (χ1) is 8.92. The van der Waals surface area contributed by atoms with E-state index in [4.69, 9.17) is 4.74 Å². The Bertz CT molecular complexity index is 431. The van der Waals surface area contributed by atoms with Crippen LogP contribution >= 0.6 is 0 Å². The summed E-state index contributed by atoms with van der Waals surface area (Å²) in [6.45, 7) is 6.12. The van der Waals surface area contributed by atoms with Crippen LogP contribution in [-0.4, -0.2) is 22.9 Å². The molecule has 3 nitrogen and oxygen atoms in total. The number of nitrogens with one attached hydrogen (secondary N) is 1. The number of hydrogen-bond donors (Lipinski definition) is 2. The van der Waals surface area contributed by atoms with E-state index >= 15 is 0 Å².